The molecule has 0 bridgehead atoms. The first-order chi connectivity index (χ1) is 22.3. The van der Waals surface area contributed by atoms with Crippen LogP contribution >= 0.6 is 0 Å². The molecule has 2 aromatic heterocycles. The van der Waals surface area contributed by atoms with Crippen molar-refractivity contribution in [2.75, 3.05) is 37.9 Å². The fourth-order valence-electron chi connectivity index (χ4n) is 5.35. The minimum Gasteiger partial charge on any atom is -0.497 e. The molecule has 2 unspecified atom stereocenters. The Morgan fingerprint density at radius 1 is 0.761 bits per heavy atom. The van der Waals surface area contributed by atoms with E-state index in [0.29, 0.717) is 19.5 Å². The summed E-state index contributed by atoms with van der Waals surface area (Å²) in [5, 5.41) is 14.9. The fourth-order valence-corrected chi connectivity index (χ4v) is 5.35. The van der Waals surface area contributed by atoms with Crippen LogP contribution in [0.5, 0.6) is 11.5 Å². The number of rotatable bonds is 18. The molecule has 0 spiro atoms. The molecule has 2 amide bonds. The normalized spacial score (nSPS) is 13.1. The molecular formula is C35H47N7O4. The molecule has 0 fully saturated rings. The number of nitrogens with one attached hydrogen (secondary N) is 4. The number of methoxy groups -OCH3 is 2. The van der Waals surface area contributed by atoms with Crippen LogP contribution in [0, 0.1) is 0 Å². The Morgan fingerprint density at radius 2 is 1.26 bits per heavy atom. The number of pyridine rings is 2. The highest BCUT2D eigenvalue weighted by atomic mass is 16.5. The molecule has 11 heteroatoms. The molecule has 6 N–H and O–H groups in total. The van der Waals surface area contributed by atoms with Crippen molar-refractivity contribution >= 4 is 45.0 Å². The molecule has 0 aliphatic rings. The van der Waals surface area contributed by atoms with E-state index in [1.807, 2.05) is 48.5 Å². The average Bonchev–Trinajstić information content (AvgIpc) is 3.07. The second-order valence-electron chi connectivity index (χ2n) is 11.7. The molecule has 2 aromatic carbocycles. The van der Waals surface area contributed by atoms with E-state index >= 15 is 0 Å². The summed E-state index contributed by atoms with van der Waals surface area (Å²) < 4.78 is 10.9. The van der Waals surface area contributed by atoms with Crippen LogP contribution in [0.25, 0.3) is 21.8 Å². The van der Waals surface area contributed by atoms with Crippen LogP contribution in [0.1, 0.15) is 52.4 Å². The van der Waals surface area contributed by atoms with Gasteiger partial charge in [-0.3, -0.25) is 19.6 Å². The number of anilines is 2. The molecule has 3 atom stereocenters. The van der Waals surface area contributed by atoms with Gasteiger partial charge in [-0.1, -0.05) is 12.1 Å². The topological polar surface area (TPSA) is 153 Å². The van der Waals surface area contributed by atoms with Crippen LogP contribution < -0.4 is 36.5 Å². The van der Waals surface area contributed by atoms with Crippen LogP contribution in [0.4, 0.5) is 11.4 Å². The molecule has 11 nitrogen and oxygen atoms in total. The van der Waals surface area contributed by atoms with Gasteiger partial charge in [-0.25, -0.2) is 0 Å². The lowest BCUT2D eigenvalue weighted by atomic mass is 10.1. The molecule has 46 heavy (non-hydrogen) atoms. The van der Waals surface area contributed by atoms with Gasteiger partial charge in [0.2, 0.25) is 11.8 Å². The third-order valence-corrected chi connectivity index (χ3v) is 7.90. The van der Waals surface area contributed by atoms with Gasteiger partial charge in [0.05, 0.1) is 42.7 Å². The van der Waals surface area contributed by atoms with Crippen LogP contribution in [-0.4, -0.2) is 67.2 Å². The zero-order chi connectivity index (χ0) is 32.9. The molecular weight excluding hydrogens is 582 g/mol. The second-order valence-corrected chi connectivity index (χ2v) is 11.7. The van der Waals surface area contributed by atoms with Crippen molar-refractivity contribution in [2.45, 2.75) is 70.5 Å². The van der Waals surface area contributed by atoms with Crippen molar-refractivity contribution in [2.24, 2.45) is 5.73 Å². The minimum atomic E-state index is -0.731. The molecule has 0 radical (unpaired) electrons. The lowest BCUT2D eigenvalue weighted by molar-refractivity contribution is -0.123. The lowest BCUT2D eigenvalue weighted by Crippen LogP contribution is -2.42. The Bertz CT molecular complexity index is 1600. The number of benzene rings is 2. The number of fused-ring (bicyclic) bond motifs is 2. The first-order valence-corrected chi connectivity index (χ1v) is 16.0. The number of carbonyl (C=O) groups excluding carboxylic acids is 2. The van der Waals surface area contributed by atoms with Gasteiger partial charge in [-0.05, 0) is 70.2 Å². The number of ether oxygens (including phenoxy) is 2. The molecule has 4 aromatic rings. The van der Waals surface area contributed by atoms with Gasteiger partial charge in [0.15, 0.2) is 0 Å². The van der Waals surface area contributed by atoms with E-state index in [1.54, 1.807) is 26.6 Å². The zero-order valence-electron chi connectivity index (χ0n) is 27.3. The Hall–Kier alpha value is -4.64. The quantitative estimate of drug-likeness (QED) is 0.0957. The maximum Gasteiger partial charge on any atom is 0.236 e. The van der Waals surface area contributed by atoms with Crippen molar-refractivity contribution in [3.63, 3.8) is 0 Å². The van der Waals surface area contributed by atoms with E-state index in [4.69, 9.17) is 15.2 Å². The van der Waals surface area contributed by atoms with Crippen molar-refractivity contribution in [3.05, 3.63) is 60.9 Å². The summed E-state index contributed by atoms with van der Waals surface area (Å²) in [5.74, 6) is 1.19. The summed E-state index contributed by atoms with van der Waals surface area (Å²) >= 11 is 0. The monoisotopic (exact) mass is 629 g/mol. The lowest BCUT2D eigenvalue weighted by Gasteiger charge is -2.18. The van der Waals surface area contributed by atoms with Gasteiger partial charge in [0.25, 0.3) is 0 Å². The number of nitrogens with two attached hydrogens (primary N) is 1. The summed E-state index contributed by atoms with van der Waals surface area (Å²) in [6, 6.07) is 15.3. The predicted octanol–water partition coefficient (Wildman–Crippen LogP) is 5.00. The highest BCUT2D eigenvalue weighted by Crippen LogP contribution is 2.29. The first-order valence-electron chi connectivity index (χ1n) is 16.0. The van der Waals surface area contributed by atoms with Crippen LogP contribution in [0.2, 0.25) is 0 Å². The molecule has 2 heterocycles. The smallest absolute Gasteiger partial charge is 0.236 e. The van der Waals surface area contributed by atoms with Gasteiger partial charge in [-0.2, -0.15) is 0 Å². The van der Waals surface area contributed by atoms with E-state index in [-0.39, 0.29) is 30.3 Å². The van der Waals surface area contributed by atoms with E-state index in [9.17, 15) is 9.59 Å². The second kappa shape index (κ2) is 17.2. The van der Waals surface area contributed by atoms with Gasteiger partial charge in [-0.15, -0.1) is 0 Å². The number of aromatic nitrogens is 2. The molecule has 4 rings (SSSR count). The minimum absolute atomic E-state index is 0.105. The summed E-state index contributed by atoms with van der Waals surface area (Å²) in [6.07, 6.45) is 7.32. The number of amides is 2. The molecule has 246 valence electrons. The van der Waals surface area contributed by atoms with Crippen LogP contribution in [-0.2, 0) is 9.59 Å². The van der Waals surface area contributed by atoms with Crippen molar-refractivity contribution in [1.82, 2.24) is 20.6 Å². The zero-order valence-corrected chi connectivity index (χ0v) is 27.3. The SMILES string of the molecule is COc1cc(NC(C)CCCNC(=O)CC[C@@H](N)C(=O)NCCCC(C)Nc2cc(OC)cc3cccnc23)c2ncccc2c1. The summed E-state index contributed by atoms with van der Waals surface area (Å²) in [5.41, 5.74) is 9.69. The van der Waals surface area contributed by atoms with Gasteiger partial charge < -0.3 is 36.5 Å². The maximum absolute atomic E-state index is 12.5. The van der Waals surface area contributed by atoms with Gasteiger partial charge in [0.1, 0.15) is 11.5 Å². The van der Waals surface area contributed by atoms with Crippen LogP contribution in [0.15, 0.2) is 60.9 Å². The average molecular weight is 630 g/mol. The Balaban J connectivity index is 1.08. The predicted molar refractivity (Wildman–Crippen MR) is 184 cm³/mol. The Labute approximate surface area is 271 Å². The Morgan fingerprint density at radius 3 is 1.76 bits per heavy atom. The number of hydrogen-bond donors (Lipinski definition) is 5. The van der Waals surface area contributed by atoms with Crippen molar-refractivity contribution < 1.29 is 19.1 Å². The third-order valence-electron chi connectivity index (χ3n) is 7.90. The summed E-state index contributed by atoms with van der Waals surface area (Å²) in [7, 11) is 3.30. The van der Waals surface area contributed by atoms with Crippen molar-refractivity contribution in [1.29, 1.82) is 0 Å². The van der Waals surface area contributed by atoms with E-state index < -0.39 is 6.04 Å². The molecule has 0 aliphatic heterocycles. The largest absolute Gasteiger partial charge is 0.497 e. The summed E-state index contributed by atoms with van der Waals surface area (Å²) in [6.45, 7) is 5.26. The number of carbonyl (C=O) groups is 2. The number of nitrogens with zero attached hydrogens (tertiary/aromatic N) is 2. The van der Waals surface area contributed by atoms with Gasteiger partial charge in [0, 0.05) is 66.9 Å². The summed E-state index contributed by atoms with van der Waals surface area (Å²) in [4.78, 5) is 33.9. The maximum atomic E-state index is 12.5. The fraction of sp³-hybridized carbons (Fsp3) is 0.429. The molecule has 0 saturated carbocycles. The van der Waals surface area contributed by atoms with E-state index in [0.717, 1.165) is 70.4 Å². The van der Waals surface area contributed by atoms with Crippen molar-refractivity contribution in [3.8, 4) is 11.5 Å². The van der Waals surface area contributed by atoms with E-state index in [2.05, 4.69) is 45.1 Å². The Kier molecular flexibility index (Phi) is 12.8. The van der Waals surface area contributed by atoms with Gasteiger partial charge >= 0.3 is 0 Å². The highest BCUT2D eigenvalue weighted by molar-refractivity contribution is 5.92. The number of hydrogen-bond acceptors (Lipinski definition) is 9. The standard InChI is InChI=1S/C35H47N7O4/c1-23(41-30-21-27(45-3)19-25-11-7-16-38-33(25)30)9-5-15-37-32(43)14-13-29(36)35(44)40-18-6-10-24(2)42-31-22-28(46-4)20-26-12-8-17-39-34(26)31/h7-8,11-12,16-17,19-24,29,41-42H,5-6,9-10,13-15,18,36H2,1-4H3,(H,37,43)(H,40,44)/t23?,24?,29-/m1/s1. The highest BCUT2D eigenvalue weighted by Gasteiger charge is 2.16. The third kappa shape index (κ3) is 9.93. The van der Waals surface area contributed by atoms with Crippen LogP contribution in [0.3, 0.4) is 0 Å². The molecule has 0 saturated heterocycles. The molecule has 0 aliphatic carbocycles. The first kappa shape index (κ1) is 34.2. The van der Waals surface area contributed by atoms with E-state index in [1.165, 1.54) is 0 Å².